The summed E-state index contributed by atoms with van der Waals surface area (Å²) < 4.78 is 7.09. The van der Waals surface area contributed by atoms with Gasteiger partial charge in [0.25, 0.3) is 0 Å². The van der Waals surface area contributed by atoms with Crippen LogP contribution in [0.4, 0.5) is 0 Å². The van der Waals surface area contributed by atoms with Gasteiger partial charge in [0, 0.05) is 0 Å². The van der Waals surface area contributed by atoms with Crippen molar-refractivity contribution in [2.75, 3.05) is 7.11 Å². The SMILES string of the molecule is C=C/C=C\C(=C)[I-]C(=C)/C=C\C(=C)OC. The van der Waals surface area contributed by atoms with Crippen LogP contribution in [0.25, 0.3) is 0 Å². The van der Waals surface area contributed by atoms with E-state index >= 15 is 0 Å². The summed E-state index contributed by atoms with van der Waals surface area (Å²) in [6, 6.07) is 0. The summed E-state index contributed by atoms with van der Waals surface area (Å²) in [7, 11) is 1.59. The molecular formula is C13H16IO-. The summed E-state index contributed by atoms with van der Waals surface area (Å²) in [6.45, 7) is 15.2. The molecule has 0 saturated carbocycles. The quantitative estimate of drug-likeness (QED) is 0.379. The molecule has 0 atom stereocenters. The standard InChI is InChI=1S/C13H16IO/c1-6-7-8-11(2)14-12(3)9-10-13(4)15-5/h6-10H,1-4H2,5H3/q-1/b8-7-,10-9-. The van der Waals surface area contributed by atoms with Gasteiger partial charge in [-0.25, -0.2) is 0 Å². The van der Waals surface area contributed by atoms with Crippen molar-refractivity contribution in [3.8, 4) is 0 Å². The van der Waals surface area contributed by atoms with E-state index in [4.69, 9.17) is 4.74 Å². The second kappa shape index (κ2) is 8.29. The molecular weight excluding hydrogens is 299 g/mol. The van der Waals surface area contributed by atoms with Crippen molar-refractivity contribution in [3.05, 3.63) is 69.6 Å². The number of ether oxygens (including phenoxy) is 1. The second-order valence-corrected chi connectivity index (χ2v) is 5.90. The van der Waals surface area contributed by atoms with Crippen molar-refractivity contribution in [3.63, 3.8) is 0 Å². The van der Waals surface area contributed by atoms with E-state index in [0.29, 0.717) is 5.76 Å². The monoisotopic (exact) mass is 315 g/mol. The van der Waals surface area contributed by atoms with Crippen molar-refractivity contribution in [2.45, 2.75) is 0 Å². The average Bonchev–Trinajstić information content (AvgIpc) is 2.22. The summed E-state index contributed by atoms with van der Waals surface area (Å²) in [5, 5.41) is 0. The molecule has 0 N–H and O–H groups in total. The molecule has 0 aromatic heterocycles. The first kappa shape index (κ1) is 14.0. The van der Waals surface area contributed by atoms with Crippen LogP contribution >= 0.6 is 0 Å². The average molecular weight is 315 g/mol. The van der Waals surface area contributed by atoms with Crippen LogP contribution in [0.5, 0.6) is 0 Å². The van der Waals surface area contributed by atoms with Crippen LogP contribution in [0.1, 0.15) is 0 Å². The van der Waals surface area contributed by atoms with Crippen LogP contribution in [-0.2, 0) is 4.74 Å². The van der Waals surface area contributed by atoms with Gasteiger partial charge in [0.2, 0.25) is 0 Å². The second-order valence-electron chi connectivity index (χ2n) is 2.59. The third-order valence-corrected chi connectivity index (χ3v) is 3.47. The number of allylic oxidation sites excluding steroid dienone is 7. The molecule has 0 aromatic rings. The molecule has 0 heterocycles. The van der Waals surface area contributed by atoms with E-state index in [9.17, 15) is 0 Å². The molecule has 0 amide bonds. The Morgan fingerprint density at radius 1 is 1.07 bits per heavy atom. The van der Waals surface area contributed by atoms with Gasteiger partial charge in [0.05, 0.1) is 0 Å². The van der Waals surface area contributed by atoms with E-state index in [0.717, 1.165) is 7.16 Å². The molecule has 0 aromatic carbocycles. The van der Waals surface area contributed by atoms with E-state index in [2.05, 4.69) is 26.3 Å². The number of methoxy groups -OCH3 is 1. The predicted octanol–water partition coefficient (Wildman–Crippen LogP) is 0.561. The maximum atomic E-state index is 4.91. The molecule has 82 valence electrons. The van der Waals surface area contributed by atoms with E-state index in [1.807, 2.05) is 24.3 Å². The summed E-state index contributed by atoms with van der Waals surface area (Å²) in [5.41, 5.74) is 0. The van der Waals surface area contributed by atoms with Gasteiger partial charge in [-0.15, -0.1) is 0 Å². The molecule has 0 unspecified atom stereocenters. The molecule has 0 fully saturated rings. The van der Waals surface area contributed by atoms with Crippen LogP contribution in [0.3, 0.4) is 0 Å². The van der Waals surface area contributed by atoms with Gasteiger partial charge in [0.1, 0.15) is 0 Å². The van der Waals surface area contributed by atoms with Gasteiger partial charge in [-0.3, -0.25) is 0 Å². The minimum atomic E-state index is -0.257. The van der Waals surface area contributed by atoms with Crippen molar-refractivity contribution >= 4 is 0 Å². The van der Waals surface area contributed by atoms with Crippen LogP contribution < -0.4 is 21.2 Å². The van der Waals surface area contributed by atoms with Crippen LogP contribution in [-0.4, -0.2) is 7.11 Å². The summed E-state index contributed by atoms with van der Waals surface area (Å²) in [4.78, 5) is 0. The Bertz CT molecular complexity index is 321. The van der Waals surface area contributed by atoms with Crippen LogP contribution in [0, 0.1) is 0 Å². The fourth-order valence-electron chi connectivity index (χ4n) is 0.643. The van der Waals surface area contributed by atoms with Gasteiger partial charge in [-0.2, -0.15) is 0 Å². The molecule has 0 aliphatic carbocycles. The molecule has 2 heteroatoms. The Morgan fingerprint density at radius 3 is 2.20 bits per heavy atom. The van der Waals surface area contributed by atoms with E-state index in [1.165, 1.54) is 0 Å². The van der Waals surface area contributed by atoms with Gasteiger partial charge in [-0.05, 0) is 0 Å². The minimum absolute atomic E-state index is 0.257. The Labute approximate surface area is 102 Å². The van der Waals surface area contributed by atoms with Crippen LogP contribution in [0.15, 0.2) is 69.6 Å². The number of halogens is 1. The molecule has 15 heavy (non-hydrogen) atoms. The maximum absolute atomic E-state index is 4.91. The molecule has 0 spiro atoms. The van der Waals surface area contributed by atoms with Crippen molar-refractivity contribution < 1.29 is 25.9 Å². The number of hydrogen-bond donors (Lipinski definition) is 0. The van der Waals surface area contributed by atoms with Gasteiger partial charge in [0.15, 0.2) is 0 Å². The van der Waals surface area contributed by atoms with E-state index in [1.54, 1.807) is 13.2 Å². The van der Waals surface area contributed by atoms with Gasteiger partial charge < -0.3 is 0 Å². The summed E-state index contributed by atoms with van der Waals surface area (Å²) in [6.07, 6.45) is 9.32. The Kier molecular flexibility index (Phi) is 7.72. The predicted molar refractivity (Wildman–Crippen MR) is 62.9 cm³/mol. The Morgan fingerprint density at radius 2 is 1.67 bits per heavy atom. The van der Waals surface area contributed by atoms with E-state index in [-0.39, 0.29) is 21.2 Å². The van der Waals surface area contributed by atoms with Crippen molar-refractivity contribution in [1.29, 1.82) is 0 Å². The molecule has 0 rings (SSSR count). The third kappa shape index (κ3) is 8.00. The van der Waals surface area contributed by atoms with Crippen molar-refractivity contribution in [1.82, 2.24) is 0 Å². The zero-order chi connectivity index (χ0) is 11.7. The molecule has 0 radical (unpaired) electrons. The fourth-order valence-corrected chi connectivity index (χ4v) is 2.28. The van der Waals surface area contributed by atoms with Crippen molar-refractivity contribution in [2.24, 2.45) is 0 Å². The van der Waals surface area contributed by atoms with E-state index < -0.39 is 0 Å². The molecule has 0 aliphatic heterocycles. The summed E-state index contributed by atoms with van der Waals surface area (Å²) in [5.74, 6) is 0.632. The first-order chi connectivity index (χ1) is 7.10. The normalized spacial score (nSPS) is 10.7. The number of hydrogen-bond acceptors (Lipinski definition) is 1. The van der Waals surface area contributed by atoms with Crippen LogP contribution in [0.2, 0.25) is 0 Å². The first-order valence-corrected chi connectivity index (χ1v) is 6.48. The number of rotatable bonds is 7. The first-order valence-electron chi connectivity index (χ1n) is 4.33. The zero-order valence-corrected chi connectivity index (χ0v) is 11.2. The Balaban J connectivity index is 4.09. The molecule has 0 aliphatic rings. The molecule has 0 saturated heterocycles. The fraction of sp³-hybridized carbons (Fsp3) is 0.0769. The molecule has 0 bridgehead atoms. The zero-order valence-electron chi connectivity index (χ0n) is 9.00. The molecule has 1 nitrogen and oxygen atoms in total. The van der Waals surface area contributed by atoms with Gasteiger partial charge in [-0.1, -0.05) is 0 Å². The Hall–Kier alpha value is -1.03. The topological polar surface area (TPSA) is 9.23 Å². The summed E-state index contributed by atoms with van der Waals surface area (Å²) >= 11 is -0.257. The third-order valence-electron chi connectivity index (χ3n) is 1.37. The van der Waals surface area contributed by atoms with Gasteiger partial charge >= 0.3 is 103 Å².